The van der Waals surface area contributed by atoms with E-state index in [4.69, 9.17) is 11.6 Å². The predicted molar refractivity (Wildman–Crippen MR) is 42.5 cm³/mol. The molecule has 0 saturated heterocycles. The zero-order chi connectivity index (χ0) is 9.14. The average molecular weight is 192 g/mol. The molecule has 0 aliphatic heterocycles. The molecule has 0 aromatic heterocycles. The molecular formula is C8H6ClF2O. The molecule has 1 aromatic carbocycles. The molecule has 1 aromatic rings. The molecule has 0 bridgehead atoms. The summed E-state index contributed by atoms with van der Waals surface area (Å²) < 4.78 is 27.5. The molecule has 0 spiro atoms. The number of hydrogen-bond acceptors (Lipinski definition) is 1. The molecule has 12 heavy (non-hydrogen) atoms. The van der Waals surface area contributed by atoms with Gasteiger partial charge in [-0.15, -0.1) is 0 Å². The van der Waals surface area contributed by atoms with Crippen LogP contribution in [0.25, 0.3) is 0 Å². The number of ether oxygens (including phenoxy) is 1. The van der Waals surface area contributed by atoms with Crippen LogP contribution >= 0.6 is 11.6 Å². The first-order valence-electron chi connectivity index (χ1n) is 3.16. The molecule has 0 unspecified atom stereocenters. The van der Waals surface area contributed by atoms with Gasteiger partial charge < -0.3 is 4.74 Å². The lowest BCUT2D eigenvalue weighted by Crippen LogP contribution is -2.02. The van der Waals surface area contributed by atoms with Crippen LogP contribution < -0.4 is 4.74 Å². The Balaban J connectivity index is 2.86. The maximum Gasteiger partial charge on any atom is 0.387 e. The van der Waals surface area contributed by atoms with Crippen LogP contribution in [0.5, 0.6) is 5.75 Å². The van der Waals surface area contributed by atoms with Crippen LogP contribution in [0.1, 0.15) is 5.56 Å². The molecule has 65 valence electrons. The van der Waals surface area contributed by atoms with Gasteiger partial charge in [0.05, 0.1) is 5.02 Å². The van der Waals surface area contributed by atoms with E-state index in [1.54, 1.807) is 6.07 Å². The summed E-state index contributed by atoms with van der Waals surface area (Å²) in [5.41, 5.74) is 0.654. The lowest BCUT2D eigenvalue weighted by Gasteiger charge is -2.06. The highest BCUT2D eigenvalue weighted by atomic mass is 35.5. The second-order valence-corrected chi connectivity index (χ2v) is 2.55. The molecule has 0 saturated carbocycles. The highest BCUT2D eigenvalue weighted by Gasteiger charge is 2.07. The largest absolute Gasteiger partial charge is 0.433 e. The summed E-state index contributed by atoms with van der Waals surface area (Å²) in [6.07, 6.45) is 0. The van der Waals surface area contributed by atoms with Gasteiger partial charge >= 0.3 is 6.61 Å². The standard InChI is InChI=1S/C8H6ClF2O/c1-5-2-3-7(6(9)4-5)12-8(10)11/h2-4,8H,1H2. The Morgan fingerprint density at radius 2 is 2.08 bits per heavy atom. The van der Waals surface area contributed by atoms with Crippen molar-refractivity contribution in [3.8, 4) is 5.75 Å². The molecule has 4 heteroatoms. The summed E-state index contributed by atoms with van der Waals surface area (Å²) in [6.45, 7) is 0.725. The van der Waals surface area contributed by atoms with Crippen LogP contribution in [0.3, 0.4) is 0 Å². The zero-order valence-corrected chi connectivity index (χ0v) is 6.81. The van der Waals surface area contributed by atoms with Gasteiger partial charge in [-0.05, 0) is 24.6 Å². The Bertz CT molecular complexity index is 276. The van der Waals surface area contributed by atoms with Crippen molar-refractivity contribution in [3.63, 3.8) is 0 Å². The van der Waals surface area contributed by atoms with E-state index in [1.165, 1.54) is 12.1 Å². The van der Waals surface area contributed by atoms with Gasteiger partial charge in [0.2, 0.25) is 0 Å². The van der Waals surface area contributed by atoms with Crippen molar-refractivity contribution in [2.45, 2.75) is 6.61 Å². The minimum absolute atomic E-state index is 0.0286. The van der Waals surface area contributed by atoms with Crippen molar-refractivity contribution in [1.82, 2.24) is 0 Å². The van der Waals surface area contributed by atoms with Gasteiger partial charge in [0, 0.05) is 0 Å². The molecule has 0 fully saturated rings. The third kappa shape index (κ3) is 2.34. The third-order valence-electron chi connectivity index (χ3n) is 1.21. The summed E-state index contributed by atoms with van der Waals surface area (Å²) in [5.74, 6) is -0.0286. The summed E-state index contributed by atoms with van der Waals surface area (Å²) in [7, 11) is 0. The van der Waals surface area contributed by atoms with Gasteiger partial charge in [-0.3, -0.25) is 0 Å². The van der Waals surface area contributed by atoms with E-state index in [9.17, 15) is 8.78 Å². The van der Waals surface area contributed by atoms with Crippen LogP contribution in [-0.2, 0) is 0 Å². The lowest BCUT2D eigenvalue weighted by atomic mass is 10.2. The quantitative estimate of drug-likeness (QED) is 0.698. The Morgan fingerprint density at radius 1 is 1.42 bits per heavy atom. The first-order chi connectivity index (χ1) is 5.59. The predicted octanol–water partition coefficient (Wildman–Crippen LogP) is 3.12. The van der Waals surface area contributed by atoms with Gasteiger partial charge in [-0.1, -0.05) is 17.7 Å². The second kappa shape index (κ2) is 3.72. The minimum Gasteiger partial charge on any atom is -0.433 e. The molecule has 0 heterocycles. The Morgan fingerprint density at radius 3 is 2.58 bits per heavy atom. The molecule has 0 amide bonds. The fourth-order valence-electron chi connectivity index (χ4n) is 0.736. The first-order valence-corrected chi connectivity index (χ1v) is 3.53. The maximum atomic E-state index is 11.7. The highest BCUT2D eigenvalue weighted by molar-refractivity contribution is 6.32. The van der Waals surface area contributed by atoms with E-state index in [2.05, 4.69) is 11.7 Å². The zero-order valence-electron chi connectivity index (χ0n) is 6.06. The molecule has 1 nitrogen and oxygen atoms in total. The van der Waals surface area contributed by atoms with Crippen molar-refractivity contribution >= 4 is 11.6 Å². The number of alkyl halides is 2. The van der Waals surface area contributed by atoms with E-state index in [0.717, 1.165) is 0 Å². The van der Waals surface area contributed by atoms with Crippen LogP contribution in [0.4, 0.5) is 8.78 Å². The molecule has 0 aliphatic carbocycles. The van der Waals surface area contributed by atoms with E-state index in [-0.39, 0.29) is 10.8 Å². The summed E-state index contributed by atoms with van der Waals surface area (Å²) >= 11 is 5.58. The Kier molecular flexibility index (Phi) is 2.87. The number of halogens is 3. The van der Waals surface area contributed by atoms with Crippen LogP contribution in [0, 0.1) is 6.92 Å². The van der Waals surface area contributed by atoms with E-state index in [1.807, 2.05) is 0 Å². The maximum absolute atomic E-state index is 11.7. The molecule has 1 radical (unpaired) electrons. The minimum atomic E-state index is -2.85. The van der Waals surface area contributed by atoms with Gasteiger partial charge in [0.25, 0.3) is 0 Å². The SMILES string of the molecule is [CH2]c1ccc(OC(F)F)c(Cl)c1. The Hall–Kier alpha value is -0.830. The number of benzene rings is 1. The number of hydrogen-bond donors (Lipinski definition) is 0. The summed E-state index contributed by atoms with van der Waals surface area (Å²) in [6, 6.07) is 4.36. The molecular weight excluding hydrogens is 186 g/mol. The van der Waals surface area contributed by atoms with Gasteiger partial charge in [0.15, 0.2) is 0 Å². The Labute approximate surface area is 73.9 Å². The fraction of sp³-hybridized carbons (Fsp3) is 0.125. The summed E-state index contributed by atoms with van der Waals surface area (Å²) in [5, 5.41) is 0.141. The van der Waals surface area contributed by atoms with E-state index >= 15 is 0 Å². The fourth-order valence-corrected chi connectivity index (χ4v) is 0.984. The topological polar surface area (TPSA) is 9.23 Å². The van der Waals surface area contributed by atoms with Crippen molar-refractivity contribution in [1.29, 1.82) is 0 Å². The summed E-state index contributed by atoms with van der Waals surface area (Å²) in [4.78, 5) is 0. The van der Waals surface area contributed by atoms with Gasteiger partial charge in [-0.25, -0.2) is 0 Å². The van der Waals surface area contributed by atoms with E-state index < -0.39 is 6.61 Å². The van der Waals surface area contributed by atoms with Crippen molar-refractivity contribution in [2.75, 3.05) is 0 Å². The van der Waals surface area contributed by atoms with Crippen molar-refractivity contribution in [3.05, 3.63) is 35.7 Å². The molecule has 1 rings (SSSR count). The second-order valence-electron chi connectivity index (χ2n) is 2.14. The van der Waals surface area contributed by atoms with Crippen LogP contribution in [-0.4, -0.2) is 6.61 Å². The van der Waals surface area contributed by atoms with Gasteiger partial charge in [0.1, 0.15) is 5.75 Å². The molecule has 0 atom stereocenters. The first kappa shape index (κ1) is 9.26. The lowest BCUT2D eigenvalue weighted by molar-refractivity contribution is -0.0497. The average Bonchev–Trinajstić information content (AvgIpc) is 1.94. The van der Waals surface area contributed by atoms with Crippen LogP contribution in [0.15, 0.2) is 18.2 Å². The smallest absolute Gasteiger partial charge is 0.387 e. The normalized spacial score (nSPS) is 10.4. The number of rotatable bonds is 2. The molecule has 0 aliphatic rings. The van der Waals surface area contributed by atoms with Crippen molar-refractivity contribution in [2.24, 2.45) is 0 Å². The highest BCUT2D eigenvalue weighted by Crippen LogP contribution is 2.26. The van der Waals surface area contributed by atoms with Crippen LogP contribution in [0.2, 0.25) is 5.02 Å². The molecule has 0 N–H and O–H groups in total. The monoisotopic (exact) mass is 191 g/mol. The third-order valence-corrected chi connectivity index (χ3v) is 1.51. The van der Waals surface area contributed by atoms with Crippen molar-refractivity contribution < 1.29 is 13.5 Å². The van der Waals surface area contributed by atoms with E-state index in [0.29, 0.717) is 5.56 Å². The van der Waals surface area contributed by atoms with Gasteiger partial charge in [-0.2, -0.15) is 8.78 Å².